The van der Waals surface area contributed by atoms with Gasteiger partial charge < -0.3 is 24.0 Å². The van der Waals surface area contributed by atoms with E-state index in [2.05, 4.69) is 0 Å². The Hall–Kier alpha value is -2.54. The quantitative estimate of drug-likeness (QED) is 0.772. The number of ether oxygens (including phenoxy) is 3. The molecule has 7 nitrogen and oxygen atoms in total. The van der Waals surface area contributed by atoms with E-state index < -0.39 is 11.9 Å². The van der Waals surface area contributed by atoms with E-state index in [-0.39, 0.29) is 24.6 Å². The summed E-state index contributed by atoms with van der Waals surface area (Å²) in [4.78, 5) is 28.0. The van der Waals surface area contributed by atoms with Gasteiger partial charge in [-0.25, -0.2) is 9.59 Å². The van der Waals surface area contributed by atoms with E-state index in [9.17, 15) is 9.59 Å². The Kier molecular flexibility index (Phi) is 5.46. The molecular formula is C17H22N2O5. The minimum atomic E-state index is -0.612. The molecule has 0 N–H and O–H groups in total. The standard InChI is InChI=1S/C17H22N2O5/c1-11-6-7-13(18(2)3)14(8-11)19-10-24-9-12(16(20)22-4)15(19)17(21)23-5/h6-8H,9-10H2,1-5H3. The average Bonchev–Trinajstić information content (AvgIpc) is 2.59. The van der Waals surface area contributed by atoms with Crippen LogP contribution in [0, 0.1) is 6.92 Å². The lowest BCUT2D eigenvalue weighted by molar-refractivity contribution is -0.140. The van der Waals surface area contributed by atoms with Crippen molar-refractivity contribution >= 4 is 23.3 Å². The number of carbonyl (C=O) groups excluding carboxylic acids is 2. The number of rotatable bonds is 4. The topological polar surface area (TPSA) is 68.3 Å². The van der Waals surface area contributed by atoms with Gasteiger partial charge in [-0.15, -0.1) is 0 Å². The fraction of sp³-hybridized carbons (Fsp3) is 0.412. The van der Waals surface area contributed by atoms with E-state index in [4.69, 9.17) is 14.2 Å². The van der Waals surface area contributed by atoms with Gasteiger partial charge in [-0.2, -0.15) is 0 Å². The molecular weight excluding hydrogens is 312 g/mol. The van der Waals surface area contributed by atoms with E-state index in [1.807, 2.05) is 44.1 Å². The Labute approximate surface area is 141 Å². The zero-order chi connectivity index (χ0) is 17.9. The summed E-state index contributed by atoms with van der Waals surface area (Å²) in [5.74, 6) is -1.22. The van der Waals surface area contributed by atoms with E-state index >= 15 is 0 Å². The third-order valence-electron chi connectivity index (χ3n) is 3.74. The fourth-order valence-electron chi connectivity index (χ4n) is 2.56. The Balaban J connectivity index is 2.65. The number of benzene rings is 1. The maximum absolute atomic E-state index is 12.3. The van der Waals surface area contributed by atoms with Gasteiger partial charge in [0.2, 0.25) is 0 Å². The number of nitrogens with zero attached hydrogens (tertiary/aromatic N) is 2. The van der Waals surface area contributed by atoms with Gasteiger partial charge in [0.15, 0.2) is 0 Å². The van der Waals surface area contributed by atoms with Gasteiger partial charge >= 0.3 is 11.9 Å². The van der Waals surface area contributed by atoms with Crippen molar-refractivity contribution in [3.8, 4) is 0 Å². The van der Waals surface area contributed by atoms with Crippen molar-refractivity contribution in [3.05, 3.63) is 35.0 Å². The normalized spacial score (nSPS) is 14.5. The summed E-state index contributed by atoms with van der Waals surface area (Å²) < 4.78 is 15.2. The zero-order valence-corrected chi connectivity index (χ0v) is 14.6. The summed E-state index contributed by atoms with van der Waals surface area (Å²) in [6, 6.07) is 5.86. The van der Waals surface area contributed by atoms with Crippen LogP contribution in [0.2, 0.25) is 0 Å². The van der Waals surface area contributed by atoms with Gasteiger partial charge in [-0.3, -0.25) is 0 Å². The van der Waals surface area contributed by atoms with Crippen LogP contribution in [0.15, 0.2) is 29.5 Å². The molecule has 0 atom stereocenters. The molecule has 0 bridgehead atoms. The van der Waals surface area contributed by atoms with Crippen molar-refractivity contribution in [2.45, 2.75) is 6.92 Å². The minimum absolute atomic E-state index is 0.00325. The summed E-state index contributed by atoms with van der Waals surface area (Å²) in [5, 5.41) is 0. The van der Waals surface area contributed by atoms with Gasteiger partial charge in [0.05, 0.1) is 37.8 Å². The molecule has 1 aromatic rings. The van der Waals surface area contributed by atoms with Gasteiger partial charge in [-0.1, -0.05) is 6.07 Å². The Bertz CT molecular complexity index is 682. The molecule has 0 saturated heterocycles. The Morgan fingerprint density at radius 1 is 1.17 bits per heavy atom. The highest BCUT2D eigenvalue weighted by Gasteiger charge is 2.33. The molecule has 0 unspecified atom stereocenters. The van der Waals surface area contributed by atoms with Crippen LogP contribution in [0.25, 0.3) is 0 Å². The lowest BCUT2D eigenvalue weighted by Gasteiger charge is -2.34. The first-order chi connectivity index (χ1) is 11.4. The van der Waals surface area contributed by atoms with Gasteiger partial charge in [0, 0.05) is 14.1 Å². The van der Waals surface area contributed by atoms with Crippen molar-refractivity contribution in [2.24, 2.45) is 0 Å². The van der Waals surface area contributed by atoms with Crippen LogP contribution in [0.4, 0.5) is 11.4 Å². The van der Waals surface area contributed by atoms with Crippen molar-refractivity contribution in [1.29, 1.82) is 0 Å². The number of esters is 2. The number of carbonyl (C=O) groups is 2. The molecule has 24 heavy (non-hydrogen) atoms. The fourth-order valence-corrected chi connectivity index (χ4v) is 2.56. The molecule has 0 spiro atoms. The molecule has 0 fully saturated rings. The molecule has 0 aromatic heterocycles. The highest BCUT2D eigenvalue weighted by molar-refractivity contribution is 6.04. The van der Waals surface area contributed by atoms with Crippen LogP contribution >= 0.6 is 0 Å². The highest BCUT2D eigenvalue weighted by atomic mass is 16.5. The third-order valence-corrected chi connectivity index (χ3v) is 3.74. The van der Waals surface area contributed by atoms with Crippen molar-refractivity contribution in [1.82, 2.24) is 0 Å². The first-order valence-electron chi connectivity index (χ1n) is 7.43. The van der Waals surface area contributed by atoms with Crippen LogP contribution in [-0.4, -0.2) is 53.6 Å². The summed E-state index contributed by atoms with van der Waals surface area (Å²) in [6.45, 7) is 2.09. The second-order valence-electron chi connectivity index (χ2n) is 5.60. The number of hydrogen-bond donors (Lipinski definition) is 0. The predicted molar refractivity (Wildman–Crippen MR) is 89.9 cm³/mol. The largest absolute Gasteiger partial charge is 0.466 e. The first-order valence-corrected chi connectivity index (χ1v) is 7.43. The van der Waals surface area contributed by atoms with E-state index in [0.717, 1.165) is 16.9 Å². The molecule has 0 radical (unpaired) electrons. The molecule has 0 amide bonds. The monoisotopic (exact) mass is 334 g/mol. The lowest BCUT2D eigenvalue weighted by Crippen LogP contribution is -2.39. The van der Waals surface area contributed by atoms with Gasteiger partial charge in [0.25, 0.3) is 0 Å². The summed E-state index contributed by atoms with van der Waals surface area (Å²) in [6.07, 6.45) is 0. The third kappa shape index (κ3) is 3.35. The number of hydrogen-bond acceptors (Lipinski definition) is 7. The Morgan fingerprint density at radius 2 is 1.83 bits per heavy atom. The maximum atomic E-state index is 12.3. The average molecular weight is 334 g/mol. The highest BCUT2D eigenvalue weighted by Crippen LogP contribution is 2.34. The van der Waals surface area contributed by atoms with Crippen LogP contribution in [-0.2, 0) is 23.8 Å². The second kappa shape index (κ2) is 7.35. The van der Waals surface area contributed by atoms with Crippen molar-refractivity contribution in [2.75, 3.05) is 51.5 Å². The lowest BCUT2D eigenvalue weighted by atomic mass is 10.1. The van der Waals surface area contributed by atoms with Gasteiger partial charge in [-0.05, 0) is 24.6 Å². The summed E-state index contributed by atoms with van der Waals surface area (Å²) >= 11 is 0. The van der Waals surface area contributed by atoms with Crippen LogP contribution in [0.3, 0.4) is 0 Å². The second-order valence-corrected chi connectivity index (χ2v) is 5.60. The van der Waals surface area contributed by atoms with Crippen molar-refractivity contribution < 1.29 is 23.8 Å². The molecule has 1 aliphatic rings. The minimum Gasteiger partial charge on any atom is -0.466 e. The number of anilines is 2. The number of methoxy groups -OCH3 is 2. The summed E-state index contributed by atoms with van der Waals surface area (Å²) in [5.41, 5.74) is 2.94. The van der Waals surface area contributed by atoms with Crippen LogP contribution < -0.4 is 9.80 Å². The molecule has 1 aliphatic heterocycles. The molecule has 1 heterocycles. The first kappa shape index (κ1) is 17.8. The molecule has 0 aliphatic carbocycles. The van der Waals surface area contributed by atoms with E-state index in [1.165, 1.54) is 14.2 Å². The van der Waals surface area contributed by atoms with Crippen LogP contribution in [0.1, 0.15) is 5.56 Å². The summed E-state index contributed by atoms with van der Waals surface area (Å²) in [7, 11) is 6.35. The maximum Gasteiger partial charge on any atom is 0.355 e. The molecule has 1 aromatic carbocycles. The molecule has 7 heteroatoms. The molecule has 0 saturated carbocycles. The smallest absolute Gasteiger partial charge is 0.355 e. The molecule has 2 rings (SSSR count). The SMILES string of the molecule is COC(=O)C1=C(C(=O)OC)N(c2cc(C)ccc2N(C)C)COC1. The molecule has 130 valence electrons. The van der Waals surface area contributed by atoms with Crippen LogP contribution in [0.5, 0.6) is 0 Å². The van der Waals surface area contributed by atoms with E-state index in [0.29, 0.717) is 0 Å². The zero-order valence-electron chi connectivity index (χ0n) is 14.6. The van der Waals surface area contributed by atoms with Crippen molar-refractivity contribution in [3.63, 3.8) is 0 Å². The van der Waals surface area contributed by atoms with E-state index in [1.54, 1.807) is 4.90 Å². The predicted octanol–water partition coefficient (Wildman–Crippen LogP) is 1.46. The Morgan fingerprint density at radius 3 is 2.42 bits per heavy atom. The van der Waals surface area contributed by atoms with Gasteiger partial charge in [0.1, 0.15) is 12.4 Å². The number of aryl methyl sites for hydroxylation is 1.